The molecule has 10 heteroatoms. The molecule has 0 aliphatic heterocycles. The Morgan fingerprint density at radius 3 is 2.44 bits per heavy atom. The van der Waals surface area contributed by atoms with Gasteiger partial charge in [0.05, 0.1) is 17.9 Å². The third-order valence-corrected chi connectivity index (χ3v) is 6.95. The van der Waals surface area contributed by atoms with Crippen LogP contribution in [0, 0.1) is 29.6 Å². The molecule has 4 rings (SSSR count). The smallest absolute Gasteiger partial charge is 0.187 e. The summed E-state index contributed by atoms with van der Waals surface area (Å²) in [5, 5.41) is 35.1. The SMILES string of the molecule is Cc1ccc(Nc2nc(CSc3nc(N)c(C#N)c(-c4ccc(OCCO)cc4)c3C#N)cs2)cc1. The number of thiazole rings is 1. The average molecular weight is 515 g/mol. The first-order valence-electron chi connectivity index (χ1n) is 10.9. The summed E-state index contributed by atoms with van der Waals surface area (Å²) in [5.74, 6) is 1.11. The van der Waals surface area contributed by atoms with Crippen molar-refractivity contribution in [3.63, 3.8) is 0 Å². The van der Waals surface area contributed by atoms with Crippen LogP contribution in [0.5, 0.6) is 5.75 Å². The Hall–Kier alpha value is -4.09. The van der Waals surface area contributed by atoms with E-state index in [0.29, 0.717) is 27.7 Å². The molecule has 0 saturated heterocycles. The van der Waals surface area contributed by atoms with E-state index in [9.17, 15) is 10.5 Å². The Morgan fingerprint density at radius 2 is 1.78 bits per heavy atom. The number of nitriles is 2. The van der Waals surface area contributed by atoms with Crippen LogP contribution in [0.3, 0.4) is 0 Å². The molecule has 0 atom stereocenters. The highest BCUT2D eigenvalue weighted by Gasteiger charge is 2.21. The highest BCUT2D eigenvalue weighted by atomic mass is 32.2. The second-order valence-corrected chi connectivity index (χ2v) is 9.49. The van der Waals surface area contributed by atoms with Crippen LogP contribution in [-0.2, 0) is 5.75 Å². The number of aryl methyl sites for hydroxylation is 1. The molecule has 0 spiro atoms. The maximum absolute atomic E-state index is 10.00. The molecule has 0 saturated carbocycles. The van der Waals surface area contributed by atoms with Crippen LogP contribution < -0.4 is 15.8 Å². The van der Waals surface area contributed by atoms with Gasteiger partial charge < -0.3 is 20.9 Å². The lowest BCUT2D eigenvalue weighted by molar-refractivity contribution is 0.201. The molecular weight excluding hydrogens is 492 g/mol. The number of pyridine rings is 1. The predicted molar refractivity (Wildman–Crippen MR) is 142 cm³/mol. The maximum Gasteiger partial charge on any atom is 0.187 e. The zero-order valence-electron chi connectivity index (χ0n) is 19.4. The van der Waals surface area contributed by atoms with Gasteiger partial charge in [0.2, 0.25) is 0 Å². The first kappa shape index (κ1) is 25.0. The van der Waals surface area contributed by atoms with Crippen LogP contribution in [0.1, 0.15) is 22.4 Å². The topological polar surface area (TPSA) is 141 Å². The summed E-state index contributed by atoms with van der Waals surface area (Å²) in [7, 11) is 0. The second-order valence-electron chi connectivity index (χ2n) is 7.67. The summed E-state index contributed by atoms with van der Waals surface area (Å²) in [6, 6.07) is 19.3. The average Bonchev–Trinajstić information content (AvgIpc) is 3.34. The first-order chi connectivity index (χ1) is 17.5. The molecule has 0 unspecified atom stereocenters. The number of benzene rings is 2. The minimum atomic E-state index is -0.0944. The molecular formula is C26H22N6O2S2. The van der Waals surface area contributed by atoms with Gasteiger partial charge in [-0.15, -0.1) is 11.3 Å². The zero-order valence-corrected chi connectivity index (χ0v) is 21.0. The molecule has 8 nitrogen and oxygen atoms in total. The molecule has 0 aliphatic rings. The van der Waals surface area contributed by atoms with Crippen LogP contribution in [0.2, 0.25) is 0 Å². The van der Waals surface area contributed by atoms with Crippen LogP contribution in [0.4, 0.5) is 16.6 Å². The Labute approximate surface area is 217 Å². The quantitative estimate of drug-likeness (QED) is 0.255. The van der Waals surface area contributed by atoms with E-state index >= 15 is 0 Å². The number of hydrogen-bond acceptors (Lipinski definition) is 10. The monoisotopic (exact) mass is 514 g/mol. The Morgan fingerprint density at radius 1 is 1.06 bits per heavy atom. The minimum Gasteiger partial charge on any atom is -0.491 e. The molecule has 0 bridgehead atoms. The third-order valence-electron chi connectivity index (χ3n) is 5.13. The fourth-order valence-electron chi connectivity index (χ4n) is 3.41. The number of aliphatic hydroxyl groups is 1. The van der Waals surface area contributed by atoms with Crippen molar-refractivity contribution in [2.24, 2.45) is 0 Å². The van der Waals surface area contributed by atoms with Gasteiger partial charge in [0.1, 0.15) is 40.9 Å². The standard InChI is InChI=1S/C26H22N6O2S2/c1-16-2-6-18(7-3-16)30-26-31-19(15-36-26)14-35-25-22(13-28)23(21(12-27)24(29)32-25)17-4-8-20(9-5-17)34-11-10-33/h2-9,15,33H,10-11,14H2,1H3,(H2,29,32)(H,30,31). The lowest BCUT2D eigenvalue weighted by Gasteiger charge is -2.13. The number of nitrogens with one attached hydrogen (secondary N) is 1. The molecule has 2 heterocycles. The highest BCUT2D eigenvalue weighted by Crippen LogP contribution is 2.37. The number of thioether (sulfide) groups is 1. The molecule has 0 amide bonds. The molecule has 0 fully saturated rings. The van der Waals surface area contributed by atoms with Crippen molar-refractivity contribution in [1.82, 2.24) is 9.97 Å². The number of nitrogens with two attached hydrogens (primary N) is 1. The number of anilines is 3. The van der Waals surface area contributed by atoms with E-state index in [1.807, 2.05) is 36.6 Å². The number of aliphatic hydroxyl groups excluding tert-OH is 1. The van der Waals surface area contributed by atoms with Gasteiger partial charge in [-0.3, -0.25) is 0 Å². The van der Waals surface area contributed by atoms with Crippen LogP contribution in [0.15, 0.2) is 58.9 Å². The van der Waals surface area contributed by atoms with Crippen molar-refractivity contribution < 1.29 is 9.84 Å². The van der Waals surface area contributed by atoms with Gasteiger partial charge in [0.15, 0.2) is 5.13 Å². The minimum absolute atomic E-state index is 0.0645. The molecule has 0 radical (unpaired) electrons. The second kappa shape index (κ2) is 11.6. The number of ether oxygens (including phenoxy) is 1. The number of aromatic nitrogens is 2. The van der Waals surface area contributed by atoms with Crippen LogP contribution >= 0.6 is 23.1 Å². The van der Waals surface area contributed by atoms with Gasteiger partial charge in [-0.25, -0.2) is 9.97 Å². The van der Waals surface area contributed by atoms with Crippen LogP contribution in [-0.4, -0.2) is 28.3 Å². The molecule has 36 heavy (non-hydrogen) atoms. The van der Waals surface area contributed by atoms with Gasteiger partial charge in [0.25, 0.3) is 0 Å². The maximum atomic E-state index is 10.00. The lowest BCUT2D eigenvalue weighted by atomic mass is 9.97. The van der Waals surface area contributed by atoms with Crippen molar-refractivity contribution in [3.8, 4) is 29.0 Å². The van der Waals surface area contributed by atoms with Crippen molar-refractivity contribution in [2.75, 3.05) is 24.3 Å². The fraction of sp³-hybridized carbons (Fsp3) is 0.154. The Bertz CT molecular complexity index is 1440. The number of nitrogens with zero attached hydrogens (tertiary/aromatic N) is 4. The first-order valence-corrected chi connectivity index (χ1v) is 12.8. The number of hydrogen-bond donors (Lipinski definition) is 3. The zero-order chi connectivity index (χ0) is 25.5. The molecule has 2 aromatic carbocycles. The van der Waals surface area contributed by atoms with Gasteiger partial charge in [-0.1, -0.05) is 41.6 Å². The number of rotatable bonds is 9. The molecule has 4 aromatic rings. The Balaban J connectivity index is 1.57. The lowest BCUT2D eigenvalue weighted by Crippen LogP contribution is -2.04. The van der Waals surface area contributed by atoms with Crippen molar-refractivity contribution >= 4 is 39.7 Å². The van der Waals surface area contributed by atoms with E-state index in [1.165, 1.54) is 28.7 Å². The van der Waals surface area contributed by atoms with Gasteiger partial charge >= 0.3 is 0 Å². The predicted octanol–water partition coefficient (Wildman–Crippen LogP) is 5.25. The summed E-state index contributed by atoms with van der Waals surface area (Å²) >= 11 is 2.84. The van der Waals surface area contributed by atoms with E-state index in [4.69, 9.17) is 15.6 Å². The summed E-state index contributed by atoms with van der Waals surface area (Å²) in [4.78, 5) is 8.99. The molecule has 4 N–H and O–H groups in total. The van der Waals surface area contributed by atoms with Crippen molar-refractivity contribution in [3.05, 3.63) is 76.3 Å². The largest absolute Gasteiger partial charge is 0.491 e. The molecule has 2 aromatic heterocycles. The van der Waals surface area contributed by atoms with Crippen molar-refractivity contribution in [1.29, 1.82) is 10.5 Å². The summed E-state index contributed by atoms with van der Waals surface area (Å²) < 4.78 is 5.41. The van der Waals surface area contributed by atoms with E-state index in [0.717, 1.165) is 16.5 Å². The van der Waals surface area contributed by atoms with Gasteiger partial charge in [-0.2, -0.15) is 10.5 Å². The molecule has 180 valence electrons. The third kappa shape index (κ3) is 5.75. The van der Waals surface area contributed by atoms with E-state index < -0.39 is 0 Å². The normalized spacial score (nSPS) is 10.4. The van der Waals surface area contributed by atoms with Gasteiger partial charge in [-0.05, 0) is 36.8 Å². The van der Waals surface area contributed by atoms with Crippen LogP contribution in [0.25, 0.3) is 11.1 Å². The Kier molecular flexibility index (Phi) is 8.03. The van der Waals surface area contributed by atoms with E-state index in [-0.39, 0.29) is 30.2 Å². The summed E-state index contributed by atoms with van der Waals surface area (Å²) in [6.07, 6.45) is 0. The molecule has 0 aliphatic carbocycles. The summed E-state index contributed by atoms with van der Waals surface area (Å²) in [6.45, 7) is 2.12. The number of nitrogen functional groups attached to an aromatic ring is 1. The fourth-order valence-corrected chi connectivity index (χ4v) is 5.13. The van der Waals surface area contributed by atoms with Crippen molar-refractivity contribution in [2.45, 2.75) is 17.7 Å². The van der Waals surface area contributed by atoms with Gasteiger partial charge in [0, 0.05) is 22.4 Å². The van der Waals surface area contributed by atoms with E-state index in [1.54, 1.807) is 24.3 Å². The van der Waals surface area contributed by atoms with E-state index in [2.05, 4.69) is 27.4 Å². The summed E-state index contributed by atoms with van der Waals surface area (Å²) in [5.41, 5.74) is 10.6. The highest BCUT2D eigenvalue weighted by molar-refractivity contribution is 7.98.